The fourth-order valence-corrected chi connectivity index (χ4v) is 2.32. The standard InChI is InChI=1S/C11H13NO2S/c12-10(11(13)14)7-1-3-8(4-2-7)15-9-5-6-9/h1-4,9-10H,5-6,12H2,(H,13,14). The topological polar surface area (TPSA) is 63.3 Å². The highest BCUT2D eigenvalue weighted by atomic mass is 32.2. The number of carboxylic acids is 1. The highest BCUT2D eigenvalue weighted by molar-refractivity contribution is 8.00. The smallest absolute Gasteiger partial charge is 0.325 e. The second-order valence-electron chi connectivity index (χ2n) is 3.70. The van der Waals surface area contributed by atoms with Crippen molar-refractivity contribution in [2.45, 2.75) is 29.0 Å². The third-order valence-corrected chi connectivity index (χ3v) is 3.68. The molecular formula is C11H13NO2S. The van der Waals surface area contributed by atoms with Gasteiger partial charge < -0.3 is 10.8 Å². The largest absolute Gasteiger partial charge is 0.480 e. The van der Waals surface area contributed by atoms with Crippen LogP contribution >= 0.6 is 11.8 Å². The molecule has 0 radical (unpaired) electrons. The maximum atomic E-state index is 10.6. The molecule has 1 fully saturated rings. The molecular weight excluding hydrogens is 210 g/mol. The Bertz CT molecular complexity index is 359. The average Bonchev–Trinajstić information content (AvgIpc) is 3.02. The van der Waals surface area contributed by atoms with Gasteiger partial charge in [-0.05, 0) is 30.5 Å². The van der Waals surface area contributed by atoms with E-state index in [0.29, 0.717) is 5.56 Å². The Labute approximate surface area is 92.7 Å². The van der Waals surface area contributed by atoms with E-state index in [2.05, 4.69) is 0 Å². The van der Waals surface area contributed by atoms with E-state index >= 15 is 0 Å². The molecule has 0 amide bonds. The van der Waals surface area contributed by atoms with Gasteiger partial charge in [0.1, 0.15) is 6.04 Å². The number of rotatable bonds is 4. The third-order valence-electron chi connectivity index (χ3n) is 2.33. The quantitative estimate of drug-likeness (QED) is 0.819. The van der Waals surface area contributed by atoms with Crippen LogP contribution in [0.3, 0.4) is 0 Å². The van der Waals surface area contributed by atoms with Crippen molar-refractivity contribution >= 4 is 17.7 Å². The van der Waals surface area contributed by atoms with Crippen molar-refractivity contribution in [3.8, 4) is 0 Å². The number of thioether (sulfide) groups is 1. The van der Waals surface area contributed by atoms with E-state index in [0.717, 1.165) is 5.25 Å². The fraction of sp³-hybridized carbons (Fsp3) is 0.364. The lowest BCUT2D eigenvalue weighted by Gasteiger charge is -2.07. The van der Waals surface area contributed by atoms with E-state index in [9.17, 15) is 4.79 Å². The van der Waals surface area contributed by atoms with Gasteiger partial charge in [0.05, 0.1) is 0 Å². The van der Waals surface area contributed by atoms with Gasteiger partial charge in [0.25, 0.3) is 0 Å². The molecule has 1 aromatic carbocycles. The van der Waals surface area contributed by atoms with Gasteiger partial charge in [0.15, 0.2) is 0 Å². The average molecular weight is 223 g/mol. The second-order valence-corrected chi connectivity index (χ2v) is 5.08. The van der Waals surface area contributed by atoms with Gasteiger partial charge in [-0.25, -0.2) is 0 Å². The maximum absolute atomic E-state index is 10.6. The predicted molar refractivity (Wildman–Crippen MR) is 59.9 cm³/mol. The van der Waals surface area contributed by atoms with Crippen molar-refractivity contribution in [2.24, 2.45) is 5.73 Å². The van der Waals surface area contributed by atoms with Crippen molar-refractivity contribution in [2.75, 3.05) is 0 Å². The summed E-state index contributed by atoms with van der Waals surface area (Å²) in [7, 11) is 0. The number of aliphatic carboxylic acids is 1. The Hall–Kier alpha value is -1.00. The Morgan fingerprint density at radius 2 is 2.00 bits per heavy atom. The normalized spacial score (nSPS) is 17.4. The molecule has 1 aromatic rings. The minimum atomic E-state index is -0.988. The molecule has 0 aromatic heterocycles. The highest BCUT2D eigenvalue weighted by Gasteiger charge is 2.22. The summed E-state index contributed by atoms with van der Waals surface area (Å²) in [6, 6.07) is 6.57. The summed E-state index contributed by atoms with van der Waals surface area (Å²) >= 11 is 1.85. The number of hydrogen-bond donors (Lipinski definition) is 2. The van der Waals surface area contributed by atoms with Crippen LogP contribution in [0.2, 0.25) is 0 Å². The van der Waals surface area contributed by atoms with Crippen molar-refractivity contribution in [3.05, 3.63) is 29.8 Å². The molecule has 1 unspecified atom stereocenters. The second kappa shape index (κ2) is 4.24. The summed E-state index contributed by atoms with van der Waals surface area (Å²) in [4.78, 5) is 11.8. The molecule has 1 aliphatic carbocycles. The Morgan fingerprint density at radius 1 is 1.40 bits per heavy atom. The van der Waals surface area contributed by atoms with Crippen LogP contribution in [0.25, 0.3) is 0 Å². The number of benzene rings is 1. The summed E-state index contributed by atoms with van der Waals surface area (Å²) in [5, 5.41) is 9.50. The molecule has 0 heterocycles. The van der Waals surface area contributed by atoms with E-state index in [1.54, 1.807) is 12.1 Å². The maximum Gasteiger partial charge on any atom is 0.325 e. The van der Waals surface area contributed by atoms with Crippen LogP contribution in [0.5, 0.6) is 0 Å². The summed E-state index contributed by atoms with van der Waals surface area (Å²) < 4.78 is 0. The van der Waals surface area contributed by atoms with Crippen LogP contribution in [0.1, 0.15) is 24.4 Å². The van der Waals surface area contributed by atoms with Crippen LogP contribution in [0.15, 0.2) is 29.2 Å². The fourth-order valence-electron chi connectivity index (χ4n) is 1.27. The van der Waals surface area contributed by atoms with Gasteiger partial charge in [0, 0.05) is 10.1 Å². The first-order valence-corrected chi connectivity index (χ1v) is 5.80. The first kappa shape index (κ1) is 10.5. The van der Waals surface area contributed by atoms with E-state index in [1.165, 1.54) is 17.7 Å². The van der Waals surface area contributed by atoms with Crippen molar-refractivity contribution < 1.29 is 9.90 Å². The van der Waals surface area contributed by atoms with Gasteiger partial charge in [-0.1, -0.05) is 12.1 Å². The molecule has 1 aliphatic rings. The van der Waals surface area contributed by atoms with Crippen LogP contribution in [0, 0.1) is 0 Å². The lowest BCUT2D eigenvalue weighted by molar-refractivity contribution is -0.138. The minimum Gasteiger partial charge on any atom is -0.480 e. The Balaban J connectivity index is 2.05. The Kier molecular flexibility index (Phi) is 2.98. The lowest BCUT2D eigenvalue weighted by Crippen LogP contribution is -2.20. The molecule has 0 saturated heterocycles. The molecule has 0 aliphatic heterocycles. The number of carboxylic acid groups (broad SMARTS) is 1. The summed E-state index contributed by atoms with van der Waals surface area (Å²) in [6.07, 6.45) is 2.59. The summed E-state index contributed by atoms with van der Waals surface area (Å²) in [6.45, 7) is 0. The zero-order valence-electron chi connectivity index (χ0n) is 8.22. The van der Waals surface area contributed by atoms with Gasteiger partial charge in [0.2, 0.25) is 0 Å². The molecule has 4 heteroatoms. The van der Waals surface area contributed by atoms with E-state index in [1.807, 2.05) is 23.9 Å². The van der Waals surface area contributed by atoms with Crippen LogP contribution in [-0.4, -0.2) is 16.3 Å². The first-order valence-electron chi connectivity index (χ1n) is 4.92. The van der Waals surface area contributed by atoms with Crippen LogP contribution in [0.4, 0.5) is 0 Å². The SMILES string of the molecule is NC(C(=O)O)c1ccc(SC2CC2)cc1. The zero-order chi connectivity index (χ0) is 10.8. The molecule has 1 saturated carbocycles. The summed E-state index contributed by atoms with van der Waals surface area (Å²) in [5.41, 5.74) is 6.15. The lowest BCUT2D eigenvalue weighted by atomic mass is 10.1. The van der Waals surface area contributed by atoms with Crippen LogP contribution in [-0.2, 0) is 4.79 Å². The van der Waals surface area contributed by atoms with Crippen LogP contribution < -0.4 is 5.73 Å². The van der Waals surface area contributed by atoms with Gasteiger partial charge in [-0.15, -0.1) is 11.8 Å². The molecule has 80 valence electrons. The highest BCUT2D eigenvalue weighted by Crippen LogP contribution is 2.39. The number of carbonyl (C=O) groups is 1. The molecule has 3 nitrogen and oxygen atoms in total. The zero-order valence-corrected chi connectivity index (χ0v) is 9.04. The van der Waals surface area contributed by atoms with Crippen molar-refractivity contribution in [3.63, 3.8) is 0 Å². The van der Waals surface area contributed by atoms with Crippen molar-refractivity contribution in [1.82, 2.24) is 0 Å². The molecule has 15 heavy (non-hydrogen) atoms. The van der Waals surface area contributed by atoms with E-state index in [-0.39, 0.29) is 0 Å². The monoisotopic (exact) mass is 223 g/mol. The third kappa shape index (κ3) is 2.73. The first-order chi connectivity index (χ1) is 7.16. The minimum absolute atomic E-state index is 0.655. The summed E-state index contributed by atoms with van der Waals surface area (Å²) in [5.74, 6) is -0.988. The van der Waals surface area contributed by atoms with E-state index < -0.39 is 12.0 Å². The predicted octanol–water partition coefficient (Wildman–Crippen LogP) is 2.03. The van der Waals surface area contributed by atoms with Gasteiger partial charge in [-0.2, -0.15) is 0 Å². The molecule has 0 spiro atoms. The van der Waals surface area contributed by atoms with E-state index in [4.69, 9.17) is 10.8 Å². The molecule has 2 rings (SSSR count). The number of hydrogen-bond acceptors (Lipinski definition) is 3. The molecule has 3 N–H and O–H groups in total. The molecule has 0 bridgehead atoms. The van der Waals surface area contributed by atoms with Gasteiger partial charge >= 0.3 is 5.97 Å². The number of nitrogens with two attached hydrogens (primary N) is 1. The van der Waals surface area contributed by atoms with Gasteiger partial charge in [-0.3, -0.25) is 4.79 Å². The Morgan fingerprint density at radius 3 is 2.47 bits per heavy atom. The van der Waals surface area contributed by atoms with Crippen molar-refractivity contribution in [1.29, 1.82) is 0 Å². The molecule has 1 atom stereocenters.